The van der Waals surface area contributed by atoms with Crippen molar-refractivity contribution in [2.45, 2.75) is 12.8 Å². The molecule has 0 aliphatic carbocycles. The standard InChI is InChI=1S/C17H21ClN2O4/c1-23-15-4-3-13(10-14(15)18)20-11-12(9-16(20)21)17(22)19-5-2-7-24-8-6-19/h3-4,10,12H,2,5-9,11H2,1H3. The van der Waals surface area contributed by atoms with Crippen LogP contribution in [0.1, 0.15) is 12.8 Å². The molecule has 6 nitrogen and oxygen atoms in total. The largest absolute Gasteiger partial charge is 0.495 e. The Morgan fingerprint density at radius 2 is 2.17 bits per heavy atom. The SMILES string of the molecule is COc1ccc(N2CC(C(=O)N3CCCOCC3)CC2=O)cc1Cl. The molecule has 2 heterocycles. The molecule has 0 N–H and O–H groups in total. The number of ether oxygens (including phenoxy) is 2. The highest BCUT2D eigenvalue weighted by Gasteiger charge is 2.37. The molecule has 0 aromatic heterocycles. The van der Waals surface area contributed by atoms with Gasteiger partial charge in [0.15, 0.2) is 0 Å². The zero-order valence-corrected chi connectivity index (χ0v) is 14.4. The Morgan fingerprint density at radius 3 is 2.92 bits per heavy atom. The molecule has 0 radical (unpaired) electrons. The number of halogens is 1. The molecule has 24 heavy (non-hydrogen) atoms. The monoisotopic (exact) mass is 352 g/mol. The topological polar surface area (TPSA) is 59.1 Å². The van der Waals surface area contributed by atoms with Crippen LogP contribution in [-0.2, 0) is 14.3 Å². The number of benzene rings is 1. The number of hydrogen-bond donors (Lipinski definition) is 0. The van der Waals surface area contributed by atoms with E-state index >= 15 is 0 Å². The number of nitrogens with zero attached hydrogens (tertiary/aromatic N) is 2. The van der Waals surface area contributed by atoms with E-state index in [1.807, 2.05) is 4.90 Å². The quantitative estimate of drug-likeness (QED) is 0.834. The number of carbonyl (C=O) groups is 2. The maximum absolute atomic E-state index is 12.7. The van der Waals surface area contributed by atoms with Crippen molar-refractivity contribution in [2.75, 3.05) is 44.9 Å². The van der Waals surface area contributed by atoms with Gasteiger partial charge in [0.2, 0.25) is 11.8 Å². The predicted octanol–water partition coefficient (Wildman–Crippen LogP) is 1.95. The first-order chi connectivity index (χ1) is 11.6. The molecule has 2 aliphatic rings. The van der Waals surface area contributed by atoms with E-state index in [0.29, 0.717) is 49.3 Å². The summed E-state index contributed by atoms with van der Waals surface area (Å²) in [5.41, 5.74) is 0.695. The molecular formula is C17H21ClN2O4. The van der Waals surface area contributed by atoms with Gasteiger partial charge in [-0.2, -0.15) is 0 Å². The maximum atomic E-state index is 12.7. The molecule has 1 atom stereocenters. The number of carbonyl (C=O) groups excluding carboxylic acids is 2. The first kappa shape index (κ1) is 17.0. The van der Waals surface area contributed by atoms with Crippen LogP contribution in [0.2, 0.25) is 5.02 Å². The minimum Gasteiger partial charge on any atom is -0.495 e. The Balaban J connectivity index is 1.71. The zero-order chi connectivity index (χ0) is 17.1. The molecule has 7 heteroatoms. The molecular weight excluding hydrogens is 332 g/mol. The third-order valence-electron chi connectivity index (χ3n) is 4.46. The Hall–Kier alpha value is -1.79. The Kier molecular flexibility index (Phi) is 5.26. The second kappa shape index (κ2) is 7.40. The maximum Gasteiger partial charge on any atom is 0.228 e. The Bertz CT molecular complexity index is 629. The first-order valence-electron chi connectivity index (χ1n) is 8.10. The lowest BCUT2D eigenvalue weighted by Crippen LogP contribution is -2.39. The van der Waals surface area contributed by atoms with Crippen LogP contribution in [0, 0.1) is 5.92 Å². The van der Waals surface area contributed by atoms with E-state index in [1.54, 1.807) is 30.2 Å². The Morgan fingerprint density at radius 1 is 1.33 bits per heavy atom. The van der Waals surface area contributed by atoms with Gasteiger partial charge < -0.3 is 19.3 Å². The Labute approximate surface area is 146 Å². The lowest BCUT2D eigenvalue weighted by molar-refractivity contribution is -0.135. The average Bonchev–Trinajstić information content (AvgIpc) is 2.79. The molecule has 2 aliphatic heterocycles. The van der Waals surface area contributed by atoms with Gasteiger partial charge in [-0.05, 0) is 24.6 Å². The minimum atomic E-state index is -0.309. The summed E-state index contributed by atoms with van der Waals surface area (Å²) in [6.45, 7) is 2.92. The van der Waals surface area contributed by atoms with Crippen LogP contribution in [-0.4, -0.2) is 56.7 Å². The number of amides is 2. The van der Waals surface area contributed by atoms with Gasteiger partial charge in [-0.3, -0.25) is 9.59 Å². The minimum absolute atomic E-state index is 0.0379. The summed E-state index contributed by atoms with van der Waals surface area (Å²) < 4.78 is 10.5. The van der Waals surface area contributed by atoms with Gasteiger partial charge >= 0.3 is 0 Å². The molecule has 0 saturated carbocycles. The highest BCUT2D eigenvalue weighted by atomic mass is 35.5. The second-order valence-corrected chi connectivity index (χ2v) is 6.42. The predicted molar refractivity (Wildman–Crippen MR) is 90.5 cm³/mol. The van der Waals surface area contributed by atoms with Crippen molar-refractivity contribution in [3.05, 3.63) is 23.2 Å². The summed E-state index contributed by atoms with van der Waals surface area (Å²) >= 11 is 6.14. The van der Waals surface area contributed by atoms with Crippen molar-refractivity contribution < 1.29 is 19.1 Å². The zero-order valence-electron chi connectivity index (χ0n) is 13.7. The number of anilines is 1. The van der Waals surface area contributed by atoms with Crippen LogP contribution in [0.5, 0.6) is 5.75 Å². The van der Waals surface area contributed by atoms with E-state index in [9.17, 15) is 9.59 Å². The highest BCUT2D eigenvalue weighted by Crippen LogP contribution is 2.32. The second-order valence-electron chi connectivity index (χ2n) is 6.02. The molecule has 0 spiro atoms. The lowest BCUT2D eigenvalue weighted by atomic mass is 10.1. The van der Waals surface area contributed by atoms with E-state index < -0.39 is 0 Å². The van der Waals surface area contributed by atoms with Crippen LogP contribution >= 0.6 is 11.6 Å². The third-order valence-corrected chi connectivity index (χ3v) is 4.75. The molecule has 2 fully saturated rings. The summed E-state index contributed by atoms with van der Waals surface area (Å²) in [4.78, 5) is 28.5. The molecule has 2 amide bonds. The van der Waals surface area contributed by atoms with Crippen molar-refractivity contribution in [1.82, 2.24) is 4.90 Å². The lowest BCUT2D eigenvalue weighted by Gasteiger charge is -2.23. The van der Waals surface area contributed by atoms with E-state index in [1.165, 1.54) is 0 Å². The average molecular weight is 353 g/mol. The van der Waals surface area contributed by atoms with Gasteiger partial charge in [0.1, 0.15) is 5.75 Å². The van der Waals surface area contributed by atoms with Crippen LogP contribution in [0.15, 0.2) is 18.2 Å². The van der Waals surface area contributed by atoms with E-state index in [0.717, 1.165) is 6.42 Å². The fraction of sp³-hybridized carbons (Fsp3) is 0.529. The van der Waals surface area contributed by atoms with Gasteiger partial charge in [-0.15, -0.1) is 0 Å². The van der Waals surface area contributed by atoms with E-state index in [2.05, 4.69) is 0 Å². The smallest absolute Gasteiger partial charge is 0.228 e. The third kappa shape index (κ3) is 3.49. The molecule has 1 aromatic rings. The van der Waals surface area contributed by atoms with Crippen molar-refractivity contribution in [2.24, 2.45) is 5.92 Å². The van der Waals surface area contributed by atoms with Crippen LogP contribution in [0.4, 0.5) is 5.69 Å². The first-order valence-corrected chi connectivity index (χ1v) is 8.48. The van der Waals surface area contributed by atoms with Gasteiger partial charge in [0.05, 0.1) is 24.7 Å². The van der Waals surface area contributed by atoms with E-state index in [-0.39, 0.29) is 24.2 Å². The molecule has 1 unspecified atom stereocenters. The van der Waals surface area contributed by atoms with Gasteiger partial charge in [0.25, 0.3) is 0 Å². The summed E-state index contributed by atoms with van der Waals surface area (Å²) in [7, 11) is 1.54. The number of rotatable bonds is 3. The van der Waals surface area contributed by atoms with Gasteiger partial charge in [0, 0.05) is 38.3 Å². The molecule has 130 valence electrons. The van der Waals surface area contributed by atoms with Crippen molar-refractivity contribution >= 4 is 29.1 Å². The van der Waals surface area contributed by atoms with Crippen molar-refractivity contribution in [3.8, 4) is 5.75 Å². The summed E-state index contributed by atoms with van der Waals surface area (Å²) in [5, 5.41) is 0.447. The van der Waals surface area contributed by atoms with Gasteiger partial charge in [-0.25, -0.2) is 0 Å². The fourth-order valence-corrected chi connectivity index (χ4v) is 3.42. The summed E-state index contributed by atoms with van der Waals surface area (Å²) in [6, 6.07) is 5.21. The molecule has 3 rings (SSSR count). The van der Waals surface area contributed by atoms with E-state index in [4.69, 9.17) is 21.1 Å². The fourth-order valence-electron chi connectivity index (χ4n) is 3.17. The normalized spacial score (nSPS) is 21.8. The number of hydrogen-bond acceptors (Lipinski definition) is 4. The summed E-state index contributed by atoms with van der Waals surface area (Å²) in [5.74, 6) is 0.234. The highest BCUT2D eigenvalue weighted by molar-refractivity contribution is 6.32. The molecule has 0 bridgehead atoms. The van der Waals surface area contributed by atoms with Crippen molar-refractivity contribution in [3.63, 3.8) is 0 Å². The number of methoxy groups -OCH3 is 1. The van der Waals surface area contributed by atoms with Crippen molar-refractivity contribution in [1.29, 1.82) is 0 Å². The van der Waals surface area contributed by atoms with Crippen LogP contribution < -0.4 is 9.64 Å². The molecule has 1 aromatic carbocycles. The molecule has 2 saturated heterocycles. The van der Waals surface area contributed by atoms with Crippen LogP contribution in [0.25, 0.3) is 0 Å². The summed E-state index contributed by atoms with van der Waals surface area (Å²) in [6.07, 6.45) is 1.07. The van der Waals surface area contributed by atoms with Crippen LogP contribution in [0.3, 0.4) is 0 Å². The van der Waals surface area contributed by atoms with Gasteiger partial charge in [-0.1, -0.05) is 11.6 Å².